The summed E-state index contributed by atoms with van der Waals surface area (Å²) in [6.45, 7) is 7.32. The molecule has 1 aromatic carbocycles. The number of nitrogens with one attached hydrogen (secondary N) is 1. The van der Waals surface area contributed by atoms with Crippen LogP contribution in [0.25, 0.3) is 6.08 Å². The van der Waals surface area contributed by atoms with Crippen LogP contribution in [0.15, 0.2) is 41.0 Å². The Hall–Kier alpha value is -2.10. The van der Waals surface area contributed by atoms with Crippen LogP contribution in [-0.4, -0.2) is 17.9 Å². The maximum atomic E-state index is 11.3. The van der Waals surface area contributed by atoms with E-state index >= 15 is 0 Å². The van der Waals surface area contributed by atoms with Crippen molar-refractivity contribution in [2.75, 3.05) is 0 Å². The molecule has 102 valence electrons. The van der Waals surface area contributed by atoms with Gasteiger partial charge in [0, 0.05) is 0 Å². The summed E-state index contributed by atoms with van der Waals surface area (Å²) in [7, 11) is 0. The zero-order valence-corrected chi connectivity index (χ0v) is 11.8. The monoisotopic (exact) mass is 260 g/mol. The van der Waals surface area contributed by atoms with Gasteiger partial charge in [0.25, 0.3) is 0 Å². The van der Waals surface area contributed by atoms with Gasteiger partial charge in [0.15, 0.2) is 0 Å². The Morgan fingerprint density at radius 3 is 2.47 bits per heavy atom. The van der Waals surface area contributed by atoms with Gasteiger partial charge in [-0.1, -0.05) is 36.4 Å². The van der Waals surface area contributed by atoms with Gasteiger partial charge < -0.3 is 4.74 Å². The highest BCUT2D eigenvalue weighted by Gasteiger charge is 2.15. The molecule has 1 aromatic rings. The number of hydrogen-bond acceptors (Lipinski definition) is 3. The van der Waals surface area contributed by atoms with Crippen molar-refractivity contribution in [3.8, 4) is 0 Å². The molecule has 0 fully saturated rings. The van der Waals surface area contributed by atoms with Crippen LogP contribution >= 0.6 is 0 Å². The lowest BCUT2D eigenvalue weighted by Gasteiger charge is -2.18. The highest BCUT2D eigenvalue weighted by molar-refractivity contribution is 5.85. The molecule has 0 atom stereocenters. The molecule has 1 amide bonds. The van der Waals surface area contributed by atoms with Crippen LogP contribution in [0.1, 0.15) is 33.3 Å². The molecule has 1 rings (SSSR count). The van der Waals surface area contributed by atoms with Gasteiger partial charge in [-0.15, -0.1) is 0 Å². The molecule has 1 N–H and O–H groups in total. The number of carbonyl (C=O) groups excluding carboxylic acids is 1. The SMILES string of the molecule is CC(C=NNC(=O)OC(C)(C)C)=Cc1ccccc1. The molecule has 0 heterocycles. The van der Waals surface area contributed by atoms with E-state index in [1.807, 2.05) is 43.3 Å². The van der Waals surface area contributed by atoms with Crippen molar-refractivity contribution in [3.63, 3.8) is 0 Å². The van der Waals surface area contributed by atoms with Crippen LogP contribution in [0.2, 0.25) is 0 Å². The van der Waals surface area contributed by atoms with E-state index in [4.69, 9.17) is 4.74 Å². The van der Waals surface area contributed by atoms with Crippen molar-refractivity contribution in [1.82, 2.24) is 5.43 Å². The third-order valence-corrected chi connectivity index (χ3v) is 2.02. The second-order valence-electron chi connectivity index (χ2n) is 5.17. The number of carbonyl (C=O) groups is 1. The van der Waals surface area contributed by atoms with Crippen LogP contribution in [-0.2, 0) is 4.74 Å². The molecule has 4 heteroatoms. The second kappa shape index (κ2) is 6.73. The molecule has 0 bridgehead atoms. The molecule has 0 radical (unpaired) electrons. The van der Waals surface area contributed by atoms with Gasteiger partial charge in [-0.3, -0.25) is 0 Å². The fraction of sp³-hybridized carbons (Fsp3) is 0.333. The Balaban J connectivity index is 2.49. The Kier molecular flexibility index (Phi) is 5.30. The molecule has 0 saturated carbocycles. The minimum atomic E-state index is -0.559. The van der Waals surface area contributed by atoms with Gasteiger partial charge in [0.2, 0.25) is 0 Å². The van der Waals surface area contributed by atoms with E-state index in [9.17, 15) is 4.79 Å². The number of nitrogens with zero attached hydrogens (tertiary/aromatic N) is 1. The highest BCUT2D eigenvalue weighted by Crippen LogP contribution is 2.06. The summed E-state index contributed by atoms with van der Waals surface area (Å²) in [5.74, 6) is 0. The summed E-state index contributed by atoms with van der Waals surface area (Å²) < 4.78 is 5.05. The molecule has 0 saturated heterocycles. The van der Waals surface area contributed by atoms with Crippen LogP contribution in [0.4, 0.5) is 4.79 Å². The smallest absolute Gasteiger partial charge is 0.428 e. The molecule has 0 aliphatic heterocycles. The van der Waals surface area contributed by atoms with Crippen molar-refractivity contribution in [1.29, 1.82) is 0 Å². The van der Waals surface area contributed by atoms with E-state index < -0.39 is 11.7 Å². The predicted octanol–water partition coefficient (Wildman–Crippen LogP) is 3.60. The molecule has 4 nitrogen and oxygen atoms in total. The van der Waals surface area contributed by atoms with E-state index in [-0.39, 0.29) is 0 Å². The Morgan fingerprint density at radius 1 is 1.26 bits per heavy atom. The largest absolute Gasteiger partial charge is 0.443 e. The number of rotatable bonds is 3. The summed E-state index contributed by atoms with van der Waals surface area (Å²) in [5, 5.41) is 3.83. The zero-order valence-electron chi connectivity index (χ0n) is 11.8. The Bertz CT molecular complexity index is 471. The van der Waals surface area contributed by atoms with E-state index in [1.165, 1.54) is 0 Å². The number of allylic oxidation sites excluding steroid dienone is 1. The number of benzene rings is 1. The highest BCUT2D eigenvalue weighted by atomic mass is 16.6. The third-order valence-electron chi connectivity index (χ3n) is 2.02. The maximum absolute atomic E-state index is 11.3. The minimum absolute atomic E-state index is 0.519. The van der Waals surface area contributed by atoms with Crippen molar-refractivity contribution in [2.45, 2.75) is 33.3 Å². The first-order valence-corrected chi connectivity index (χ1v) is 6.12. The van der Waals surface area contributed by atoms with Gasteiger partial charge in [0.05, 0.1) is 6.21 Å². The van der Waals surface area contributed by atoms with Crippen LogP contribution in [0.5, 0.6) is 0 Å². The molecule has 19 heavy (non-hydrogen) atoms. The van der Waals surface area contributed by atoms with E-state index in [2.05, 4.69) is 10.5 Å². The van der Waals surface area contributed by atoms with Gasteiger partial charge in [-0.05, 0) is 38.8 Å². The quantitative estimate of drug-likeness (QED) is 0.667. The van der Waals surface area contributed by atoms with E-state index in [1.54, 1.807) is 27.0 Å². The third kappa shape index (κ3) is 7.03. The Labute approximate surface area is 114 Å². The molecule has 0 aliphatic rings. The molecular formula is C15H20N2O2. The predicted molar refractivity (Wildman–Crippen MR) is 78.0 cm³/mol. The lowest BCUT2D eigenvalue weighted by molar-refractivity contribution is 0.0529. The first-order valence-electron chi connectivity index (χ1n) is 6.12. The lowest BCUT2D eigenvalue weighted by atomic mass is 10.1. The normalized spacial score (nSPS) is 12.5. The average molecular weight is 260 g/mol. The van der Waals surface area contributed by atoms with Crippen molar-refractivity contribution < 1.29 is 9.53 Å². The number of hydrogen-bond donors (Lipinski definition) is 1. The van der Waals surface area contributed by atoms with E-state index in [0.717, 1.165) is 11.1 Å². The van der Waals surface area contributed by atoms with Gasteiger partial charge in [-0.2, -0.15) is 5.10 Å². The van der Waals surface area contributed by atoms with Gasteiger partial charge >= 0.3 is 6.09 Å². The standard InChI is InChI=1S/C15H20N2O2/c1-12(10-13-8-6-5-7-9-13)11-16-17-14(18)19-15(2,3)4/h5-11H,1-4H3,(H,17,18). The first kappa shape index (κ1) is 15.0. The zero-order chi connectivity index (χ0) is 14.3. The van der Waals surface area contributed by atoms with Crippen molar-refractivity contribution in [2.24, 2.45) is 5.10 Å². The van der Waals surface area contributed by atoms with Crippen LogP contribution in [0, 0.1) is 0 Å². The summed E-state index contributed by atoms with van der Waals surface area (Å²) in [5.41, 5.74) is 3.82. The number of ether oxygens (including phenoxy) is 1. The Morgan fingerprint density at radius 2 is 1.89 bits per heavy atom. The summed E-state index contributed by atoms with van der Waals surface area (Å²) in [6, 6.07) is 9.90. The number of amides is 1. The van der Waals surface area contributed by atoms with Gasteiger partial charge in [0.1, 0.15) is 5.60 Å². The van der Waals surface area contributed by atoms with E-state index in [0.29, 0.717) is 0 Å². The average Bonchev–Trinajstić information content (AvgIpc) is 2.27. The molecule has 0 aliphatic carbocycles. The summed E-state index contributed by atoms with van der Waals surface area (Å²) >= 11 is 0. The molecule has 0 unspecified atom stereocenters. The summed E-state index contributed by atoms with van der Waals surface area (Å²) in [6.07, 6.45) is 2.99. The molecule has 0 aromatic heterocycles. The van der Waals surface area contributed by atoms with Crippen molar-refractivity contribution in [3.05, 3.63) is 41.5 Å². The first-order chi connectivity index (χ1) is 8.87. The summed E-state index contributed by atoms with van der Waals surface area (Å²) in [4.78, 5) is 11.3. The maximum Gasteiger partial charge on any atom is 0.428 e. The van der Waals surface area contributed by atoms with Crippen LogP contribution in [0.3, 0.4) is 0 Å². The minimum Gasteiger partial charge on any atom is -0.443 e. The lowest BCUT2D eigenvalue weighted by Crippen LogP contribution is -2.29. The van der Waals surface area contributed by atoms with Crippen molar-refractivity contribution >= 4 is 18.4 Å². The second-order valence-corrected chi connectivity index (χ2v) is 5.17. The fourth-order valence-corrected chi connectivity index (χ4v) is 1.34. The van der Waals surface area contributed by atoms with Crippen LogP contribution < -0.4 is 5.43 Å². The van der Waals surface area contributed by atoms with Gasteiger partial charge in [-0.25, -0.2) is 10.2 Å². The fourth-order valence-electron chi connectivity index (χ4n) is 1.34. The number of hydrazone groups is 1. The molecular weight excluding hydrogens is 240 g/mol. The topological polar surface area (TPSA) is 50.7 Å². The molecule has 0 spiro atoms.